The second kappa shape index (κ2) is 11.8. The Morgan fingerprint density at radius 3 is 2.59 bits per heavy atom. The van der Waals surface area contributed by atoms with Gasteiger partial charge in [0, 0.05) is 23.6 Å². The van der Waals surface area contributed by atoms with Crippen LogP contribution in [0.4, 0.5) is 21.6 Å². The van der Waals surface area contributed by atoms with Crippen LogP contribution in [0.1, 0.15) is 18.4 Å². The summed E-state index contributed by atoms with van der Waals surface area (Å²) in [6, 6.07) is 17.7. The van der Waals surface area contributed by atoms with Crippen molar-refractivity contribution in [1.29, 1.82) is 0 Å². The van der Waals surface area contributed by atoms with E-state index in [1.54, 1.807) is 25.3 Å². The first-order chi connectivity index (χ1) is 16.4. The highest BCUT2D eigenvalue weighted by Gasteiger charge is 2.09. The van der Waals surface area contributed by atoms with Crippen LogP contribution in [-0.2, 0) is 11.2 Å². The number of carbonyl (C=O) groups is 1. The summed E-state index contributed by atoms with van der Waals surface area (Å²) in [7, 11) is 1.54. The highest BCUT2D eigenvalue weighted by molar-refractivity contribution is 6.31. The number of ether oxygens (including phenoxy) is 1. The molecule has 4 N–H and O–H groups in total. The Morgan fingerprint density at radius 1 is 1.15 bits per heavy atom. The fraction of sp³-hybridized carbons (Fsp3) is 0.160. The second-order valence-corrected chi connectivity index (χ2v) is 7.73. The molecule has 1 heterocycles. The Hall–Kier alpha value is -3.91. The third-order valence-corrected chi connectivity index (χ3v) is 5.16. The van der Waals surface area contributed by atoms with Gasteiger partial charge in [0.05, 0.1) is 23.3 Å². The molecular formula is C25H24ClFN4O3. The molecule has 0 radical (unpaired) electrons. The van der Waals surface area contributed by atoms with Gasteiger partial charge < -0.3 is 20.9 Å². The number of nitrogen functional groups attached to an aromatic ring is 1. The number of carboxylic acids is 1. The van der Waals surface area contributed by atoms with Gasteiger partial charge in [-0.15, -0.1) is 0 Å². The van der Waals surface area contributed by atoms with E-state index < -0.39 is 11.8 Å². The normalized spacial score (nSPS) is 10.3. The van der Waals surface area contributed by atoms with E-state index in [1.165, 1.54) is 24.0 Å². The summed E-state index contributed by atoms with van der Waals surface area (Å²) in [5.74, 6) is -0.108. The third-order valence-electron chi connectivity index (χ3n) is 4.87. The molecule has 0 atom stereocenters. The van der Waals surface area contributed by atoms with Crippen molar-refractivity contribution >= 4 is 45.7 Å². The molecule has 4 rings (SSSR count). The Bertz CT molecular complexity index is 1270. The number of fused-ring (bicyclic) bond motifs is 1. The Labute approximate surface area is 201 Å². The lowest BCUT2D eigenvalue weighted by Gasteiger charge is -2.11. The lowest BCUT2D eigenvalue weighted by Crippen LogP contribution is -1.99. The van der Waals surface area contributed by atoms with Crippen molar-refractivity contribution in [2.75, 3.05) is 18.2 Å². The smallest absolute Gasteiger partial charge is 0.303 e. The molecule has 1 aromatic heterocycles. The Morgan fingerprint density at radius 2 is 1.91 bits per heavy atom. The van der Waals surface area contributed by atoms with Gasteiger partial charge in [-0.25, -0.2) is 14.4 Å². The molecule has 0 unspecified atom stereocenters. The molecule has 9 heteroatoms. The van der Waals surface area contributed by atoms with E-state index >= 15 is 0 Å². The average molecular weight is 483 g/mol. The summed E-state index contributed by atoms with van der Waals surface area (Å²) >= 11 is 5.78. The number of hydrogen-bond acceptors (Lipinski definition) is 6. The van der Waals surface area contributed by atoms with Gasteiger partial charge in [0.25, 0.3) is 0 Å². The van der Waals surface area contributed by atoms with Gasteiger partial charge in [-0.1, -0.05) is 41.9 Å². The van der Waals surface area contributed by atoms with Crippen LogP contribution in [0, 0.1) is 5.82 Å². The molecule has 0 amide bonds. The molecule has 0 fully saturated rings. The largest absolute Gasteiger partial charge is 0.495 e. The lowest BCUT2D eigenvalue weighted by molar-refractivity contribution is -0.137. The molecule has 0 spiro atoms. The molecule has 7 nitrogen and oxygen atoms in total. The molecule has 34 heavy (non-hydrogen) atoms. The van der Waals surface area contributed by atoms with Crippen molar-refractivity contribution < 1.29 is 19.0 Å². The van der Waals surface area contributed by atoms with Crippen LogP contribution in [0.15, 0.2) is 67.0 Å². The molecule has 0 aliphatic heterocycles. The van der Waals surface area contributed by atoms with Gasteiger partial charge in [0.1, 0.15) is 23.7 Å². The maximum absolute atomic E-state index is 13.2. The van der Waals surface area contributed by atoms with Crippen molar-refractivity contribution in [3.63, 3.8) is 0 Å². The third kappa shape index (κ3) is 6.79. The van der Waals surface area contributed by atoms with Crippen molar-refractivity contribution in [2.24, 2.45) is 0 Å². The first-order valence-corrected chi connectivity index (χ1v) is 10.8. The minimum absolute atomic E-state index is 0.0320. The number of aliphatic carboxylic acids is 1. The first-order valence-electron chi connectivity index (χ1n) is 10.4. The summed E-state index contributed by atoms with van der Waals surface area (Å²) in [6.07, 6.45) is 3.26. The minimum atomic E-state index is -0.717. The quantitative estimate of drug-likeness (QED) is 0.283. The Kier molecular flexibility index (Phi) is 8.59. The van der Waals surface area contributed by atoms with E-state index in [1.807, 2.05) is 30.3 Å². The highest BCUT2D eigenvalue weighted by atomic mass is 35.5. The summed E-state index contributed by atoms with van der Waals surface area (Å²) in [4.78, 5) is 18.6. The first kappa shape index (κ1) is 24.7. The fourth-order valence-electron chi connectivity index (χ4n) is 3.18. The van der Waals surface area contributed by atoms with E-state index in [9.17, 15) is 9.18 Å². The maximum Gasteiger partial charge on any atom is 0.303 e. The predicted octanol–water partition coefficient (Wildman–Crippen LogP) is 5.85. The van der Waals surface area contributed by atoms with Gasteiger partial charge >= 0.3 is 5.97 Å². The number of nitrogens with zero attached hydrogens (tertiary/aromatic N) is 2. The van der Waals surface area contributed by atoms with Crippen molar-refractivity contribution in [3.8, 4) is 5.75 Å². The number of halogens is 2. The summed E-state index contributed by atoms with van der Waals surface area (Å²) < 4.78 is 18.4. The maximum atomic E-state index is 13.2. The number of nitrogens with two attached hydrogens (primary N) is 1. The van der Waals surface area contributed by atoms with Crippen molar-refractivity contribution in [2.45, 2.75) is 19.3 Å². The van der Waals surface area contributed by atoms with Crippen LogP contribution in [0.25, 0.3) is 10.9 Å². The zero-order valence-electron chi connectivity index (χ0n) is 18.5. The molecule has 176 valence electrons. The standard InChI is InChI=1S/C15H12ClFN4O.C10H12O2/c1-22-14-6-13-9(5-12(14)18)15(20-7-19-13)21-8-2-3-11(17)10(16)4-8;11-10(12)8-4-7-9-5-2-1-3-6-9/h2-7H,18H2,1H3,(H,19,20,21);1-3,5-6H,4,7-8H2,(H,11,12). The number of aromatic nitrogens is 2. The van der Waals surface area contributed by atoms with Crippen molar-refractivity contribution in [1.82, 2.24) is 9.97 Å². The lowest BCUT2D eigenvalue weighted by atomic mass is 10.1. The molecule has 0 aliphatic carbocycles. The zero-order chi connectivity index (χ0) is 24.5. The molecule has 0 bridgehead atoms. The molecule has 3 aromatic carbocycles. The van der Waals surface area contributed by atoms with Crippen LogP contribution in [0.3, 0.4) is 0 Å². The summed E-state index contributed by atoms with van der Waals surface area (Å²) in [6.45, 7) is 0. The topological polar surface area (TPSA) is 110 Å². The molecule has 0 saturated heterocycles. The van der Waals surface area contributed by atoms with Gasteiger partial charge in [0.15, 0.2) is 0 Å². The number of benzene rings is 3. The van der Waals surface area contributed by atoms with E-state index in [4.69, 9.17) is 27.2 Å². The number of aryl methyl sites for hydroxylation is 1. The number of anilines is 3. The average Bonchev–Trinajstić information content (AvgIpc) is 2.82. The van der Waals surface area contributed by atoms with Crippen LogP contribution in [-0.4, -0.2) is 28.2 Å². The van der Waals surface area contributed by atoms with Gasteiger partial charge in [-0.05, 0) is 42.7 Å². The van der Waals surface area contributed by atoms with Crippen LogP contribution < -0.4 is 15.8 Å². The summed E-state index contributed by atoms with van der Waals surface area (Å²) in [5, 5.41) is 12.2. The SMILES string of the molecule is COc1cc2ncnc(Nc3ccc(F)c(Cl)c3)c2cc1N.O=C(O)CCCc1ccccc1. The summed E-state index contributed by atoms with van der Waals surface area (Å²) in [5.41, 5.74) is 8.90. The van der Waals surface area contributed by atoms with E-state index in [0.29, 0.717) is 28.5 Å². The van der Waals surface area contributed by atoms with Gasteiger partial charge in [-0.3, -0.25) is 4.79 Å². The molecule has 4 aromatic rings. The number of hydrogen-bond donors (Lipinski definition) is 3. The molecular weight excluding hydrogens is 459 g/mol. The Balaban J connectivity index is 0.000000229. The highest BCUT2D eigenvalue weighted by Crippen LogP contribution is 2.31. The van der Waals surface area contributed by atoms with Gasteiger partial charge in [-0.2, -0.15) is 0 Å². The molecule has 0 aliphatic rings. The number of nitrogens with one attached hydrogen (secondary N) is 1. The predicted molar refractivity (Wildman–Crippen MR) is 132 cm³/mol. The van der Waals surface area contributed by atoms with E-state index in [-0.39, 0.29) is 11.4 Å². The van der Waals surface area contributed by atoms with Crippen molar-refractivity contribution in [3.05, 3.63) is 83.4 Å². The van der Waals surface area contributed by atoms with Crippen LogP contribution in [0.5, 0.6) is 5.75 Å². The second-order valence-electron chi connectivity index (χ2n) is 7.32. The van der Waals surface area contributed by atoms with E-state index in [2.05, 4.69) is 15.3 Å². The van der Waals surface area contributed by atoms with Crippen LogP contribution >= 0.6 is 11.6 Å². The number of carboxylic acid groups (broad SMARTS) is 1. The fourth-order valence-corrected chi connectivity index (χ4v) is 3.36. The number of rotatable bonds is 7. The van der Waals surface area contributed by atoms with Gasteiger partial charge in [0.2, 0.25) is 0 Å². The number of methoxy groups -OCH3 is 1. The molecule has 0 saturated carbocycles. The van der Waals surface area contributed by atoms with E-state index in [0.717, 1.165) is 18.2 Å². The zero-order valence-corrected chi connectivity index (χ0v) is 19.2. The van der Waals surface area contributed by atoms with Crippen LogP contribution in [0.2, 0.25) is 5.02 Å². The monoisotopic (exact) mass is 482 g/mol. The minimum Gasteiger partial charge on any atom is -0.495 e.